The van der Waals surface area contributed by atoms with Crippen molar-refractivity contribution in [3.8, 4) is 0 Å². The number of hydrogen-bond donors (Lipinski definition) is 1. The van der Waals surface area contributed by atoms with Crippen molar-refractivity contribution in [2.45, 2.75) is 45.4 Å². The molecule has 0 spiro atoms. The summed E-state index contributed by atoms with van der Waals surface area (Å²) in [5.74, 6) is 0. The third-order valence-corrected chi connectivity index (χ3v) is 1.47. The molecule has 0 atom stereocenters. The zero-order chi connectivity index (χ0) is 6.95. The Morgan fingerprint density at radius 3 is 1.33 bits per heavy atom. The predicted octanol–water partition coefficient (Wildman–Crippen LogP) is 2.34. The van der Waals surface area contributed by atoms with Gasteiger partial charge in [0.1, 0.15) is 0 Å². The molecule has 56 valence electrons. The maximum Gasteiger partial charge on any atom is 0.0428 e. The first kappa shape index (κ1) is 8.96. The third-order valence-electron chi connectivity index (χ3n) is 1.47. The summed E-state index contributed by atoms with van der Waals surface area (Å²) in [7, 11) is 0. The van der Waals surface area contributed by atoms with Gasteiger partial charge in [0.2, 0.25) is 0 Å². The first-order valence-corrected chi connectivity index (χ1v) is 4.02. The molecule has 0 unspecified atom stereocenters. The average molecular weight is 130 g/mol. The van der Waals surface area contributed by atoms with Crippen LogP contribution in [0.15, 0.2) is 0 Å². The van der Waals surface area contributed by atoms with Crippen LogP contribution in [0.4, 0.5) is 0 Å². The van der Waals surface area contributed by atoms with E-state index in [0.29, 0.717) is 6.61 Å². The Morgan fingerprint density at radius 1 is 1.00 bits per heavy atom. The van der Waals surface area contributed by atoms with E-state index >= 15 is 0 Å². The number of aliphatic hydroxyl groups is 1. The normalized spacial score (nSPS) is 16.7. The highest BCUT2D eigenvalue weighted by Gasteiger charge is 1.95. The van der Waals surface area contributed by atoms with Crippen LogP contribution < -0.4 is 0 Å². The lowest BCUT2D eigenvalue weighted by atomic mass is 10.4. The van der Waals surface area contributed by atoms with Gasteiger partial charge in [-0.2, -0.15) is 0 Å². The molecular formula is C8H18O. The lowest BCUT2D eigenvalue weighted by Crippen LogP contribution is -1.69. The second-order valence-electron chi connectivity index (χ2n) is 2.49. The number of rotatable bonds is 1. The zero-order valence-electron chi connectivity index (χ0n) is 6.40. The molecule has 0 heterocycles. The fourth-order valence-corrected chi connectivity index (χ4v) is 0.884. The Kier molecular flexibility index (Phi) is 7.92. The minimum atomic E-state index is 0.319. The van der Waals surface area contributed by atoms with Gasteiger partial charge in [-0.05, 0) is 6.42 Å². The van der Waals surface area contributed by atoms with E-state index in [4.69, 9.17) is 5.11 Å². The van der Waals surface area contributed by atoms with E-state index in [9.17, 15) is 0 Å². The summed E-state index contributed by atoms with van der Waals surface area (Å²) in [4.78, 5) is 0. The highest BCUT2D eigenvalue weighted by molar-refractivity contribution is 4.51. The van der Waals surface area contributed by atoms with Gasteiger partial charge in [-0.25, -0.2) is 0 Å². The van der Waals surface area contributed by atoms with Crippen LogP contribution in [0.3, 0.4) is 0 Å². The molecule has 1 fully saturated rings. The van der Waals surface area contributed by atoms with Crippen molar-refractivity contribution in [3.63, 3.8) is 0 Å². The zero-order valence-corrected chi connectivity index (χ0v) is 6.40. The topological polar surface area (TPSA) is 20.2 Å². The molecule has 1 saturated carbocycles. The van der Waals surface area contributed by atoms with Gasteiger partial charge in [-0.1, -0.05) is 39.0 Å². The van der Waals surface area contributed by atoms with E-state index in [2.05, 4.69) is 0 Å². The molecule has 0 aromatic carbocycles. The van der Waals surface area contributed by atoms with Crippen LogP contribution in [0.2, 0.25) is 0 Å². The third kappa shape index (κ3) is 7.96. The van der Waals surface area contributed by atoms with Crippen LogP contribution in [0.5, 0.6) is 0 Å². The summed E-state index contributed by atoms with van der Waals surface area (Å²) in [6.45, 7) is 2.25. The van der Waals surface area contributed by atoms with Gasteiger partial charge in [0, 0.05) is 6.61 Å². The molecule has 1 aliphatic carbocycles. The SMILES string of the molecule is C1CCCC1.CCCO. The molecule has 0 aliphatic heterocycles. The van der Waals surface area contributed by atoms with Crippen molar-refractivity contribution < 1.29 is 5.11 Å². The molecule has 1 heteroatoms. The summed E-state index contributed by atoms with van der Waals surface area (Å²) in [5, 5.41) is 7.88. The second-order valence-corrected chi connectivity index (χ2v) is 2.49. The minimum Gasteiger partial charge on any atom is -0.396 e. The molecule has 9 heavy (non-hydrogen) atoms. The summed E-state index contributed by atoms with van der Waals surface area (Å²) >= 11 is 0. The Hall–Kier alpha value is -0.0400. The van der Waals surface area contributed by atoms with E-state index in [1.165, 1.54) is 32.1 Å². The summed E-state index contributed by atoms with van der Waals surface area (Å²) < 4.78 is 0. The number of hydrogen-bond acceptors (Lipinski definition) is 1. The summed E-state index contributed by atoms with van der Waals surface area (Å²) in [6, 6.07) is 0. The molecule has 1 aliphatic rings. The first-order valence-electron chi connectivity index (χ1n) is 4.02. The lowest BCUT2D eigenvalue weighted by Gasteiger charge is -1.69. The Morgan fingerprint density at radius 2 is 1.22 bits per heavy atom. The van der Waals surface area contributed by atoms with E-state index in [0.717, 1.165) is 6.42 Å². The van der Waals surface area contributed by atoms with Gasteiger partial charge in [0.05, 0.1) is 0 Å². The molecule has 0 radical (unpaired) electrons. The fraction of sp³-hybridized carbons (Fsp3) is 1.00. The van der Waals surface area contributed by atoms with Crippen molar-refractivity contribution >= 4 is 0 Å². The van der Waals surface area contributed by atoms with Crippen LogP contribution in [0.1, 0.15) is 45.4 Å². The van der Waals surface area contributed by atoms with E-state index in [1.54, 1.807) is 0 Å². The standard InChI is InChI=1S/C5H10.C3H8O/c1-2-4-5-3-1;1-2-3-4/h1-5H2;4H,2-3H2,1H3. The van der Waals surface area contributed by atoms with Crippen molar-refractivity contribution in [2.75, 3.05) is 6.61 Å². The smallest absolute Gasteiger partial charge is 0.0428 e. The Bertz CT molecular complexity index is 30.2. The fourth-order valence-electron chi connectivity index (χ4n) is 0.884. The number of aliphatic hydroxyl groups excluding tert-OH is 1. The van der Waals surface area contributed by atoms with Gasteiger partial charge >= 0.3 is 0 Å². The van der Waals surface area contributed by atoms with Crippen LogP contribution in [-0.2, 0) is 0 Å². The minimum absolute atomic E-state index is 0.319. The highest BCUT2D eigenvalue weighted by atomic mass is 16.2. The van der Waals surface area contributed by atoms with Crippen molar-refractivity contribution in [3.05, 3.63) is 0 Å². The molecule has 1 nitrogen and oxygen atoms in total. The Balaban J connectivity index is 0.000000148. The largest absolute Gasteiger partial charge is 0.396 e. The van der Waals surface area contributed by atoms with Gasteiger partial charge < -0.3 is 5.11 Å². The van der Waals surface area contributed by atoms with Crippen LogP contribution >= 0.6 is 0 Å². The monoisotopic (exact) mass is 130 g/mol. The quantitative estimate of drug-likeness (QED) is 0.577. The molecule has 1 rings (SSSR count). The second kappa shape index (κ2) is 7.96. The van der Waals surface area contributed by atoms with Crippen molar-refractivity contribution in [2.24, 2.45) is 0 Å². The maximum absolute atomic E-state index is 7.88. The van der Waals surface area contributed by atoms with Gasteiger partial charge in [-0.15, -0.1) is 0 Å². The highest BCUT2D eigenvalue weighted by Crippen LogP contribution is 2.15. The lowest BCUT2D eigenvalue weighted by molar-refractivity contribution is 0.295. The van der Waals surface area contributed by atoms with Crippen molar-refractivity contribution in [1.82, 2.24) is 0 Å². The van der Waals surface area contributed by atoms with Crippen LogP contribution in [0.25, 0.3) is 0 Å². The molecule has 0 amide bonds. The van der Waals surface area contributed by atoms with Crippen LogP contribution in [-0.4, -0.2) is 11.7 Å². The maximum atomic E-state index is 7.88. The van der Waals surface area contributed by atoms with Gasteiger partial charge in [-0.3, -0.25) is 0 Å². The molecule has 0 saturated heterocycles. The predicted molar refractivity (Wildman–Crippen MR) is 40.5 cm³/mol. The van der Waals surface area contributed by atoms with E-state index in [-0.39, 0.29) is 0 Å². The first-order chi connectivity index (χ1) is 4.41. The molecule has 1 N–H and O–H groups in total. The van der Waals surface area contributed by atoms with E-state index < -0.39 is 0 Å². The molecule has 0 aromatic rings. The molecular weight excluding hydrogens is 112 g/mol. The average Bonchev–Trinajstić information content (AvgIpc) is 2.43. The molecule has 0 bridgehead atoms. The van der Waals surface area contributed by atoms with Gasteiger partial charge in [0.25, 0.3) is 0 Å². The van der Waals surface area contributed by atoms with Gasteiger partial charge in [0.15, 0.2) is 0 Å². The Labute approximate surface area is 58.1 Å². The van der Waals surface area contributed by atoms with Crippen LogP contribution in [0, 0.1) is 0 Å². The van der Waals surface area contributed by atoms with Crippen molar-refractivity contribution in [1.29, 1.82) is 0 Å². The van der Waals surface area contributed by atoms with E-state index in [1.807, 2.05) is 6.92 Å². The summed E-state index contributed by atoms with van der Waals surface area (Å²) in [5.41, 5.74) is 0. The summed E-state index contributed by atoms with van der Waals surface area (Å²) in [6.07, 6.45) is 8.38. The molecule has 0 aromatic heterocycles.